The van der Waals surface area contributed by atoms with E-state index in [2.05, 4.69) is 15.9 Å². The van der Waals surface area contributed by atoms with Gasteiger partial charge >= 0.3 is 0 Å². The Morgan fingerprint density at radius 3 is 2.53 bits per heavy atom. The van der Waals surface area contributed by atoms with Crippen LogP contribution in [0.25, 0.3) is 11.8 Å². The van der Waals surface area contributed by atoms with E-state index in [4.69, 9.17) is 0 Å². The third-order valence-corrected chi connectivity index (χ3v) is 3.24. The molecule has 0 amide bonds. The summed E-state index contributed by atoms with van der Waals surface area (Å²) in [6.45, 7) is 0. The van der Waals surface area contributed by atoms with E-state index in [1.54, 1.807) is 30.3 Å². The van der Waals surface area contributed by atoms with Crippen LogP contribution in [0.3, 0.4) is 0 Å². The lowest BCUT2D eigenvalue weighted by Gasteiger charge is -2.01. The maximum absolute atomic E-state index is 13.2. The summed E-state index contributed by atoms with van der Waals surface area (Å²) in [7, 11) is 0. The minimum absolute atomic E-state index is 0.0769. The summed E-state index contributed by atoms with van der Waals surface area (Å²) in [6, 6.07) is 12.5. The van der Waals surface area contributed by atoms with Crippen LogP contribution in [0.4, 0.5) is 4.39 Å². The Hall–Kier alpha value is -2.01. The Labute approximate surface area is 117 Å². The summed E-state index contributed by atoms with van der Waals surface area (Å²) in [5, 5.41) is 11.1. The first kappa shape index (κ1) is 13.4. The molecule has 0 saturated heterocycles. The number of hydrogen-bond donors (Lipinski definition) is 0. The Balaban J connectivity index is 2.54. The topological polar surface area (TPSA) is 43.1 Å². The predicted molar refractivity (Wildman–Crippen MR) is 75.4 cm³/mol. The van der Waals surface area contributed by atoms with Crippen molar-refractivity contribution >= 4 is 27.7 Å². The van der Waals surface area contributed by atoms with Crippen LogP contribution in [0.5, 0.6) is 0 Å². The summed E-state index contributed by atoms with van der Waals surface area (Å²) < 4.78 is 13.8. The monoisotopic (exact) mass is 321 g/mol. The first-order valence-corrected chi connectivity index (χ1v) is 6.24. The normalized spacial score (nSPS) is 11.4. The highest BCUT2D eigenvalue weighted by Gasteiger charge is 2.14. The van der Waals surface area contributed by atoms with Crippen LogP contribution >= 0.6 is 15.9 Å². The number of nitrogens with zero attached hydrogens (tertiary/aromatic N) is 1. The molecule has 5 heteroatoms. The standard InChI is InChI=1S/C14H9BrFNO2/c15-13-7-6-12(16)8-11(13)9-14(17(18)19)10-4-2-1-3-5-10/h1-9H/b14-9+. The molecule has 0 atom stereocenters. The number of halogens is 2. The second-order valence-electron chi connectivity index (χ2n) is 3.82. The lowest BCUT2D eigenvalue weighted by atomic mass is 10.1. The van der Waals surface area contributed by atoms with Crippen LogP contribution in [-0.2, 0) is 0 Å². The molecule has 0 aliphatic heterocycles. The summed E-state index contributed by atoms with van der Waals surface area (Å²) in [4.78, 5) is 10.6. The molecule has 0 radical (unpaired) electrons. The third kappa shape index (κ3) is 3.26. The van der Waals surface area contributed by atoms with Gasteiger partial charge in [-0.05, 0) is 35.9 Å². The zero-order chi connectivity index (χ0) is 13.8. The molecule has 2 aromatic carbocycles. The van der Waals surface area contributed by atoms with Crippen molar-refractivity contribution < 1.29 is 9.31 Å². The fourth-order valence-corrected chi connectivity index (χ4v) is 1.98. The number of benzene rings is 2. The van der Waals surface area contributed by atoms with Gasteiger partial charge in [0.15, 0.2) is 0 Å². The van der Waals surface area contributed by atoms with E-state index in [1.165, 1.54) is 24.3 Å². The molecular formula is C14H9BrFNO2. The van der Waals surface area contributed by atoms with Gasteiger partial charge in [-0.3, -0.25) is 10.1 Å². The molecule has 96 valence electrons. The van der Waals surface area contributed by atoms with Crippen molar-refractivity contribution in [2.24, 2.45) is 0 Å². The lowest BCUT2D eigenvalue weighted by Crippen LogP contribution is -1.97. The molecule has 0 unspecified atom stereocenters. The highest BCUT2D eigenvalue weighted by atomic mass is 79.9. The van der Waals surface area contributed by atoms with Crippen molar-refractivity contribution in [2.75, 3.05) is 0 Å². The molecule has 0 spiro atoms. The molecule has 0 aromatic heterocycles. The van der Waals surface area contributed by atoms with Crippen LogP contribution in [0.1, 0.15) is 11.1 Å². The van der Waals surface area contributed by atoms with Crippen molar-refractivity contribution in [3.05, 3.63) is 80.1 Å². The molecule has 2 rings (SSSR count). The second kappa shape index (κ2) is 5.75. The molecule has 0 N–H and O–H groups in total. The van der Waals surface area contributed by atoms with Crippen molar-refractivity contribution in [1.29, 1.82) is 0 Å². The fraction of sp³-hybridized carbons (Fsp3) is 0. The van der Waals surface area contributed by atoms with Gasteiger partial charge < -0.3 is 0 Å². The van der Waals surface area contributed by atoms with Crippen LogP contribution in [0.15, 0.2) is 53.0 Å². The van der Waals surface area contributed by atoms with E-state index in [-0.39, 0.29) is 5.70 Å². The van der Waals surface area contributed by atoms with E-state index in [0.717, 1.165) is 0 Å². The summed E-state index contributed by atoms with van der Waals surface area (Å²) >= 11 is 3.25. The highest BCUT2D eigenvalue weighted by Crippen LogP contribution is 2.24. The predicted octanol–water partition coefficient (Wildman–Crippen LogP) is 4.36. The summed E-state index contributed by atoms with van der Waals surface area (Å²) in [6.07, 6.45) is 1.35. The van der Waals surface area contributed by atoms with E-state index in [9.17, 15) is 14.5 Å². The van der Waals surface area contributed by atoms with Gasteiger partial charge in [0.05, 0.1) is 10.5 Å². The van der Waals surface area contributed by atoms with E-state index >= 15 is 0 Å². The quantitative estimate of drug-likeness (QED) is 0.479. The van der Waals surface area contributed by atoms with Crippen molar-refractivity contribution in [3.63, 3.8) is 0 Å². The minimum Gasteiger partial charge on any atom is -0.258 e. The smallest absolute Gasteiger partial charge is 0.258 e. The Kier molecular flexibility index (Phi) is 4.06. The van der Waals surface area contributed by atoms with E-state index in [1.807, 2.05) is 0 Å². The first-order valence-electron chi connectivity index (χ1n) is 5.44. The maximum Gasteiger partial charge on any atom is 0.277 e. The average molecular weight is 322 g/mol. The number of rotatable bonds is 3. The third-order valence-electron chi connectivity index (χ3n) is 2.52. The van der Waals surface area contributed by atoms with Crippen LogP contribution in [-0.4, -0.2) is 4.92 Å². The highest BCUT2D eigenvalue weighted by molar-refractivity contribution is 9.10. The van der Waals surface area contributed by atoms with Crippen molar-refractivity contribution in [3.8, 4) is 0 Å². The van der Waals surface area contributed by atoms with Gasteiger partial charge in [0.2, 0.25) is 0 Å². The van der Waals surface area contributed by atoms with Gasteiger partial charge in [-0.1, -0.05) is 34.1 Å². The largest absolute Gasteiger partial charge is 0.277 e. The molecule has 0 heterocycles. The molecule has 0 bridgehead atoms. The lowest BCUT2D eigenvalue weighted by molar-refractivity contribution is -0.374. The number of hydrogen-bond acceptors (Lipinski definition) is 2. The van der Waals surface area contributed by atoms with E-state index < -0.39 is 10.7 Å². The van der Waals surface area contributed by atoms with Gasteiger partial charge in [-0.25, -0.2) is 4.39 Å². The fourth-order valence-electron chi connectivity index (χ4n) is 1.62. The van der Waals surface area contributed by atoms with Gasteiger partial charge in [0.25, 0.3) is 5.70 Å². The molecule has 0 aliphatic rings. The van der Waals surface area contributed by atoms with Gasteiger partial charge in [-0.2, -0.15) is 0 Å². The molecule has 19 heavy (non-hydrogen) atoms. The minimum atomic E-state index is -0.479. The van der Waals surface area contributed by atoms with Gasteiger partial charge in [-0.15, -0.1) is 0 Å². The molecule has 0 fully saturated rings. The van der Waals surface area contributed by atoms with Gasteiger partial charge in [0, 0.05) is 10.5 Å². The Morgan fingerprint density at radius 1 is 1.21 bits per heavy atom. The summed E-state index contributed by atoms with van der Waals surface area (Å²) in [5.74, 6) is -0.440. The summed E-state index contributed by atoms with van der Waals surface area (Å²) in [5.41, 5.74) is 0.825. The zero-order valence-electron chi connectivity index (χ0n) is 9.72. The maximum atomic E-state index is 13.2. The molecule has 0 aliphatic carbocycles. The van der Waals surface area contributed by atoms with Crippen LogP contribution in [0.2, 0.25) is 0 Å². The second-order valence-corrected chi connectivity index (χ2v) is 4.67. The molecular weight excluding hydrogens is 313 g/mol. The van der Waals surface area contributed by atoms with Gasteiger partial charge in [0.1, 0.15) is 5.82 Å². The first-order chi connectivity index (χ1) is 9.08. The molecule has 0 saturated carbocycles. The SMILES string of the molecule is O=[N+]([O-])/C(=C/c1cc(F)ccc1Br)c1ccccc1. The average Bonchev–Trinajstić information content (AvgIpc) is 2.40. The Bertz CT molecular complexity index is 641. The van der Waals surface area contributed by atoms with E-state index in [0.29, 0.717) is 15.6 Å². The van der Waals surface area contributed by atoms with Crippen LogP contribution in [0, 0.1) is 15.9 Å². The zero-order valence-corrected chi connectivity index (χ0v) is 11.3. The van der Waals surface area contributed by atoms with Crippen LogP contribution < -0.4 is 0 Å². The van der Waals surface area contributed by atoms with Crippen molar-refractivity contribution in [1.82, 2.24) is 0 Å². The number of nitro groups is 1. The molecule has 2 aromatic rings. The molecule has 3 nitrogen and oxygen atoms in total. The Morgan fingerprint density at radius 2 is 1.89 bits per heavy atom. The van der Waals surface area contributed by atoms with Crippen molar-refractivity contribution in [2.45, 2.75) is 0 Å².